The number of piperidine rings is 1. The van der Waals surface area contributed by atoms with Gasteiger partial charge in [0.2, 0.25) is 5.95 Å². The highest BCUT2D eigenvalue weighted by Gasteiger charge is 2.22. The molecule has 1 fully saturated rings. The van der Waals surface area contributed by atoms with Crippen molar-refractivity contribution in [2.75, 3.05) is 18.0 Å². The van der Waals surface area contributed by atoms with Crippen LogP contribution in [0.2, 0.25) is 0 Å². The van der Waals surface area contributed by atoms with Gasteiger partial charge in [0, 0.05) is 23.6 Å². The molecule has 0 aliphatic carbocycles. The maximum Gasteiger partial charge on any atom is 0.276 e. The van der Waals surface area contributed by atoms with Crippen molar-refractivity contribution in [1.82, 2.24) is 14.8 Å². The predicted molar refractivity (Wildman–Crippen MR) is 93.7 cm³/mol. The fourth-order valence-corrected chi connectivity index (χ4v) is 3.28. The molecule has 2 aromatic rings. The van der Waals surface area contributed by atoms with E-state index in [4.69, 9.17) is 5.73 Å². The largest absolute Gasteiger partial charge is 0.339 e. The zero-order valence-corrected chi connectivity index (χ0v) is 15.0. The quantitative estimate of drug-likeness (QED) is 0.857. The molecule has 2 heterocycles. The lowest BCUT2D eigenvalue weighted by Gasteiger charge is -2.32. The van der Waals surface area contributed by atoms with Crippen molar-refractivity contribution < 1.29 is 4.39 Å². The van der Waals surface area contributed by atoms with Gasteiger partial charge in [0.15, 0.2) is 0 Å². The lowest BCUT2D eigenvalue weighted by molar-refractivity contribution is 0.487. The molecule has 0 radical (unpaired) electrons. The molecule has 2 N–H and O–H groups in total. The summed E-state index contributed by atoms with van der Waals surface area (Å²) in [6.07, 6.45) is 1.89. The van der Waals surface area contributed by atoms with Crippen LogP contribution in [0.5, 0.6) is 0 Å². The van der Waals surface area contributed by atoms with Crippen LogP contribution in [0.1, 0.15) is 24.1 Å². The van der Waals surface area contributed by atoms with E-state index in [2.05, 4.69) is 26.1 Å². The molecule has 6 nitrogen and oxygen atoms in total. The van der Waals surface area contributed by atoms with Crippen LogP contribution in [-0.2, 0) is 6.54 Å². The van der Waals surface area contributed by atoms with Crippen molar-refractivity contribution in [1.29, 1.82) is 0 Å². The second-order valence-electron chi connectivity index (χ2n) is 6.06. The summed E-state index contributed by atoms with van der Waals surface area (Å²) in [5.74, 6) is 0.137. The molecule has 1 atom stereocenters. The molecular formula is C16H19BrFN5O. The highest BCUT2D eigenvalue weighted by molar-refractivity contribution is 9.10. The fraction of sp³-hybridized carbons (Fsp3) is 0.438. The van der Waals surface area contributed by atoms with Gasteiger partial charge in [-0.2, -0.15) is 0 Å². The van der Waals surface area contributed by atoms with Crippen LogP contribution in [0, 0.1) is 12.7 Å². The lowest BCUT2D eigenvalue weighted by Crippen LogP contribution is -2.46. The van der Waals surface area contributed by atoms with Gasteiger partial charge in [0.1, 0.15) is 11.5 Å². The average Bonchev–Trinajstić information content (AvgIpc) is 2.55. The minimum absolute atomic E-state index is 0.0475. The number of aryl methyl sites for hydroxylation is 1. The first-order chi connectivity index (χ1) is 11.5. The van der Waals surface area contributed by atoms with Crippen molar-refractivity contribution in [3.8, 4) is 0 Å². The zero-order valence-electron chi connectivity index (χ0n) is 13.4. The number of nitrogens with two attached hydrogens (primary N) is 1. The lowest BCUT2D eigenvalue weighted by atomic mass is 10.1. The summed E-state index contributed by atoms with van der Waals surface area (Å²) in [7, 11) is 0. The Labute approximate surface area is 147 Å². The molecule has 1 aromatic carbocycles. The van der Waals surface area contributed by atoms with E-state index >= 15 is 0 Å². The number of nitrogens with zero attached hydrogens (tertiary/aromatic N) is 4. The third kappa shape index (κ3) is 3.49. The highest BCUT2D eigenvalue weighted by Crippen LogP contribution is 2.21. The normalized spacial score (nSPS) is 18.0. The van der Waals surface area contributed by atoms with Crippen molar-refractivity contribution >= 4 is 21.9 Å². The van der Waals surface area contributed by atoms with Gasteiger partial charge in [0.25, 0.3) is 5.56 Å². The van der Waals surface area contributed by atoms with Gasteiger partial charge in [0.05, 0.1) is 6.54 Å². The minimum atomic E-state index is -0.346. The Bertz CT molecular complexity index is 810. The van der Waals surface area contributed by atoms with Gasteiger partial charge >= 0.3 is 0 Å². The SMILES string of the molecule is Cc1nnc(N2CCC[C@@H](N)C2)n(Cc2cc(F)ccc2Br)c1=O. The predicted octanol–water partition coefficient (Wildman–Crippen LogP) is 1.82. The van der Waals surface area contributed by atoms with Crippen LogP contribution in [0.15, 0.2) is 27.5 Å². The van der Waals surface area contributed by atoms with Crippen LogP contribution < -0.4 is 16.2 Å². The Morgan fingerprint density at radius 3 is 2.96 bits per heavy atom. The van der Waals surface area contributed by atoms with Crippen LogP contribution >= 0.6 is 15.9 Å². The number of benzene rings is 1. The molecule has 0 saturated carbocycles. The molecule has 24 heavy (non-hydrogen) atoms. The number of aromatic nitrogens is 3. The van der Waals surface area contributed by atoms with E-state index in [-0.39, 0.29) is 24.0 Å². The van der Waals surface area contributed by atoms with Gasteiger partial charge in [-0.05, 0) is 43.5 Å². The molecule has 1 aromatic heterocycles. The number of anilines is 1. The van der Waals surface area contributed by atoms with Crippen molar-refractivity contribution in [2.45, 2.75) is 32.4 Å². The molecule has 3 rings (SSSR count). The minimum Gasteiger partial charge on any atom is -0.339 e. The molecule has 0 bridgehead atoms. The van der Waals surface area contributed by atoms with E-state index in [1.807, 2.05) is 4.90 Å². The Morgan fingerprint density at radius 1 is 1.42 bits per heavy atom. The summed E-state index contributed by atoms with van der Waals surface area (Å²) < 4.78 is 15.9. The smallest absolute Gasteiger partial charge is 0.276 e. The average molecular weight is 396 g/mol. The topological polar surface area (TPSA) is 77.0 Å². The summed E-state index contributed by atoms with van der Waals surface area (Å²) in [6.45, 7) is 3.24. The van der Waals surface area contributed by atoms with E-state index in [0.717, 1.165) is 23.9 Å². The standard InChI is InChI=1S/C16H19BrFN5O/c1-10-15(24)23(8-11-7-12(18)4-5-14(11)17)16(21-20-10)22-6-2-3-13(19)9-22/h4-5,7,13H,2-3,6,8-9,19H2,1H3/t13-/m1/s1. The summed E-state index contributed by atoms with van der Waals surface area (Å²) in [5, 5.41) is 8.19. The second-order valence-corrected chi connectivity index (χ2v) is 6.92. The number of rotatable bonds is 3. The Balaban J connectivity index is 2.03. The van der Waals surface area contributed by atoms with Crippen molar-refractivity contribution in [2.24, 2.45) is 5.73 Å². The van der Waals surface area contributed by atoms with Crippen molar-refractivity contribution in [3.63, 3.8) is 0 Å². The summed E-state index contributed by atoms with van der Waals surface area (Å²) in [6, 6.07) is 4.47. The summed E-state index contributed by atoms with van der Waals surface area (Å²) in [5.41, 5.74) is 6.80. The van der Waals surface area contributed by atoms with E-state index in [1.54, 1.807) is 17.6 Å². The Morgan fingerprint density at radius 2 is 2.21 bits per heavy atom. The van der Waals surface area contributed by atoms with Crippen LogP contribution in [0.4, 0.5) is 10.3 Å². The van der Waals surface area contributed by atoms with Gasteiger partial charge in [-0.1, -0.05) is 15.9 Å². The number of hydrogen-bond acceptors (Lipinski definition) is 5. The molecule has 8 heteroatoms. The molecule has 128 valence electrons. The third-order valence-electron chi connectivity index (χ3n) is 4.16. The van der Waals surface area contributed by atoms with Crippen LogP contribution in [0.3, 0.4) is 0 Å². The van der Waals surface area contributed by atoms with Crippen molar-refractivity contribution in [3.05, 3.63) is 50.1 Å². The van der Waals surface area contributed by atoms with E-state index in [1.165, 1.54) is 12.1 Å². The van der Waals surface area contributed by atoms with E-state index in [0.29, 0.717) is 23.8 Å². The fourth-order valence-electron chi connectivity index (χ4n) is 2.91. The van der Waals surface area contributed by atoms with Crippen LogP contribution in [0.25, 0.3) is 0 Å². The van der Waals surface area contributed by atoms with Gasteiger partial charge in [-0.3, -0.25) is 9.36 Å². The van der Waals surface area contributed by atoms with E-state index in [9.17, 15) is 9.18 Å². The molecule has 0 unspecified atom stereocenters. The molecule has 0 amide bonds. The monoisotopic (exact) mass is 395 g/mol. The first-order valence-electron chi connectivity index (χ1n) is 7.84. The van der Waals surface area contributed by atoms with Crippen LogP contribution in [-0.4, -0.2) is 33.9 Å². The Kier molecular flexibility index (Phi) is 4.96. The molecule has 1 saturated heterocycles. The first-order valence-corrected chi connectivity index (χ1v) is 8.63. The zero-order chi connectivity index (χ0) is 17.3. The first kappa shape index (κ1) is 17.0. The maximum absolute atomic E-state index is 13.6. The molecule has 0 spiro atoms. The van der Waals surface area contributed by atoms with Gasteiger partial charge in [-0.25, -0.2) is 4.39 Å². The summed E-state index contributed by atoms with van der Waals surface area (Å²) in [4.78, 5) is 14.6. The number of hydrogen-bond donors (Lipinski definition) is 1. The third-order valence-corrected chi connectivity index (χ3v) is 4.94. The summed E-state index contributed by atoms with van der Waals surface area (Å²) >= 11 is 3.41. The molecule has 1 aliphatic rings. The molecule has 1 aliphatic heterocycles. The van der Waals surface area contributed by atoms with Gasteiger partial charge in [-0.15, -0.1) is 10.2 Å². The highest BCUT2D eigenvalue weighted by atomic mass is 79.9. The second kappa shape index (κ2) is 6.98. The maximum atomic E-state index is 13.6. The Hall–Kier alpha value is -1.80. The van der Waals surface area contributed by atoms with E-state index < -0.39 is 0 Å². The number of halogens is 2. The van der Waals surface area contributed by atoms with Gasteiger partial charge < -0.3 is 10.6 Å². The molecular weight excluding hydrogens is 377 g/mol.